The molecule has 2 heteroatoms. The highest BCUT2D eigenvalue weighted by atomic mass is 15.0. The number of aromatic nitrogens is 2. The first-order chi connectivity index (χ1) is 5.42. The van der Waals surface area contributed by atoms with Gasteiger partial charge in [0.2, 0.25) is 0 Å². The lowest BCUT2D eigenvalue weighted by Gasteiger charge is -1.92. The molecular weight excluding hydrogens is 136 g/mol. The quantitative estimate of drug-likeness (QED) is 0.600. The molecule has 0 unspecified atom stereocenters. The van der Waals surface area contributed by atoms with Gasteiger partial charge in [0.25, 0.3) is 0 Å². The van der Waals surface area contributed by atoms with Crippen molar-refractivity contribution < 1.29 is 0 Å². The van der Waals surface area contributed by atoms with E-state index in [1.54, 1.807) is 0 Å². The normalized spacial score (nSPS) is 10.6. The Bertz CT molecular complexity index is 362. The first-order valence-electron chi connectivity index (χ1n) is 3.82. The maximum atomic E-state index is 4.28. The van der Waals surface area contributed by atoms with Gasteiger partial charge in [0.05, 0.1) is 17.5 Å². The second-order valence-electron chi connectivity index (χ2n) is 2.54. The molecule has 0 aromatic carbocycles. The van der Waals surface area contributed by atoms with Crippen LogP contribution in [0.15, 0.2) is 30.7 Å². The predicted molar refractivity (Wildman–Crippen MR) is 44.6 cm³/mol. The molecular formula is C9H10N2. The van der Waals surface area contributed by atoms with Crippen LogP contribution in [-0.2, 0) is 6.42 Å². The number of hydrogen-bond donors (Lipinski definition) is 0. The highest BCUT2D eigenvalue weighted by Gasteiger charge is 1.98. The lowest BCUT2D eigenvalue weighted by atomic mass is 10.3. The van der Waals surface area contributed by atoms with Crippen molar-refractivity contribution >= 4 is 5.52 Å². The summed E-state index contributed by atoms with van der Waals surface area (Å²) in [6.45, 7) is 2.12. The van der Waals surface area contributed by atoms with E-state index >= 15 is 0 Å². The largest absolute Gasteiger partial charge is 0.306 e. The minimum Gasteiger partial charge on any atom is -0.306 e. The third-order valence-corrected chi connectivity index (χ3v) is 1.86. The van der Waals surface area contributed by atoms with Crippen LogP contribution in [0.25, 0.3) is 5.52 Å². The van der Waals surface area contributed by atoms with Gasteiger partial charge >= 0.3 is 0 Å². The van der Waals surface area contributed by atoms with Crippen LogP contribution < -0.4 is 0 Å². The van der Waals surface area contributed by atoms with Crippen molar-refractivity contribution in [3.8, 4) is 0 Å². The SMILES string of the molecule is CCc1ncn2ccccc12. The van der Waals surface area contributed by atoms with Gasteiger partial charge in [0.1, 0.15) is 0 Å². The fourth-order valence-corrected chi connectivity index (χ4v) is 1.27. The van der Waals surface area contributed by atoms with Crippen LogP contribution in [0.4, 0.5) is 0 Å². The lowest BCUT2D eigenvalue weighted by molar-refractivity contribution is 1.07. The minimum atomic E-state index is 1.00. The summed E-state index contributed by atoms with van der Waals surface area (Å²) in [6, 6.07) is 6.14. The Labute approximate surface area is 65.5 Å². The number of pyridine rings is 1. The van der Waals surface area contributed by atoms with Crippen molar-refractivity contribution in [3.05, 3.63) is 36.4 Å². The van der Waals surface area contributed by atoms with E-state index in [9.17, 15) is 0 Å². The molecule has 0 bridgehead atoms. The molecule has 0 aliphatic carbocycles. The van der Waals surface area contributed by atoms with Crippen LogP contribution in [-0.4, -0.2) is 9.38 Å². The van der Waals surface area contributed by atoms with Crippen LogP contribution in [0.5, 0.6) is 0 Å². The molecule has 0 amide bonds. The van der Waals surface area contributed by atoms with Gasteiger partial charge in [-0.3, -0.25) is 0 Å². The highest BCUT2D eigenvalue weighted by Crippen LogP contribution is 2.08. The molecule has 2 aromatic rings. The Hall–Kier alpha value is -1.31. The molecule has 0 fully saturated rings. The summed E-state index contributed by atoms with van der Waals surface area (Å²) in [5.74, 6) is 0. The van der Waals surface area contributed by atoms with Gasteiger partial charge in [-0.25, -0.2) is 4.98 Å². The summed E-state index contributed by atoms with van der Waals surface area (Å²) in [4.78, 5) is 4.28. The van der Waals surface area contributed by atoms with Crippen molar-refractivity contribution in [1.82, 2.24) is 9.38 Å². The molecule has 0 atom stereocenters. The Morgan fingerprint density at radius 1 is 1.45 bits per heavy atom. The Morgan fingerprint density at radius 3 is 3.18 bits per heavy atom. The van der Waals surface area contributed by atoms with Crippen LogP contribution >= 0.6 is 0 Å². The molecule has 2 aromatic heterocycles. The Balaban J connectivity index is 2.76. The standard InChI is InChI=1S/C9H10N2/c1-2-8-9-5-3-4-6-11(9)7-10-8/h3-7H,2H2,1H3. The number of imidazole rings is 1. The molecule has 0 radical (unpaired) electrons. The number of nitrogens with zero attached hydrogens (tertiary/aromatic N) is 2. The first kappa shape index (κ1) is 6.40. The van der Waals surface area contributed by atoms with Crippen LogP contribution in [0, 0.1) is 0 Å². The van der Waals surface area contributed by atoms with Crippen molar-refractivity contribution in [2.45, 2.75) is 13.3 Å². The summed E-state index contributed by atoms with van der Waals surface area (Å²) in [5.41, 5.74) is 2.39. The summed E-state index contributed by atoms with van der Waals surface area (Å²) >= 11 is 0. The number of aryl methyl sites for hydroxylation is 1. The molecule has 2 heterocycles. The van der Waals surface area contributed by atoms with E-state index in [0.717, 1.165) is 6.42 Å². The second-order valence-corrected chi connectivity index (χ2v) is 2.54. The zero-order valence-corrected chi connectivity index (χ0v) is 6.49. The average Bonchev–Trinajstić information content (AvgIpc) is 2.47. The van der Waals surface area contributed by atoms with Gasteiger partial charge in [0, 0.05) is 6.20 Å². The fraction of sp³-hybridized carbons (Fsp3) is 0.222. The van der Waals surface area contributed by atoms with E-state index in [-0.39, 0.29) is 0 Å². The molecule has 2 rings (SSSR count). The van der Waals surface area contributed by atoms with Crippen molar-refractivity contribution in [1.29, 1.82) is 0 Å². The second kappa shape index (κ2) is 2.38. The Kier molecular flexibility index (Phi) is 1.39. The van der Waals surface area contributed by atoms with Gasteiger partial charge in [-0.15, -0.1) is 0 Å². The van der Waals surface area contributed by atoms with Crippen molar-refractivity contribution in [2.75, 3.05) is 0 Å². The maximum absolute atomic E-state index is 4.28. The van der Waals surface area contributed by atoms with Crippen molar-refractivity contribution in [2.24, 2.45) is 0 Å². The number of rotatable bonds is 1. The molecule has 0 aliphatic rings. The van der Waals surface area contributed by atoms with Crippen LogP contribution in [0.1, 0.15) is 12.6 Å². The minimum absolute atomic E-state index is 1.00. The van der Waals surface area contributed by atoms with Gasteiger partial charge in [0.15, 0.2) is 0 Å². The molecule has 0 spiro atoms. The molecule has 0 aliphatic heterocycles. The monoisotopic (exact) mass is 146 g/mol. The third kappa shape index (κ3) is 0.909. The topological polar surface area (TPSA) is 17.3 Å². The summed E-state index contributed by atoms with van der Waals surface area (Å²) in [7, 11) is 0. The maximum Gasteiger partial charge on any atom is 0.0995 e. The molecule has 0 saturated heterocycles. The van der Waals surface area contributed by atoms with E-state index in [2.05, 4.69) is 18.0 Å². The average molecular weight is 146 g/mol. The number of fused-ring (bicyclic) bond motifs is 1. The zero-order chi connectivity index (χ0) is 7.68. The zero-order valence-electron chi connectivity index (χ0n) is 6.49. The first-order valence-corrected chi connectivity index (χ1v) is 3.82. The van der Waals surface area contributed by atoms with Gasteiger partial charge < -0.3 is 4.40 Å². The highest BCUT2D eigenvalue weighted by molar-refractivity contribution is 5.51. The lowest BCUT2D eigenvalue weighted by Crippen LogP contribution is -1.81. The number of hydrogen-bond acceptors (Lipinski definition) is 1. The molecule has 2 nitrogen and oxygen atoms in total. The van der Waals surface area contributed by atoms with E-state index in [4.69, 9.17) is 0 Å². The molecule has 56 valence electrons. The molecule has 0 saturated carbocycles. The smallest absolute Gasteiger partial charge is 0.0995 e. The molecule has 0 N–H and O–H groups in total. The summed E-state index contributed by atoms with van der Waals surface area (Å²) in [6.07, 6.45) is 4.87. The van der Waals surface area contributed by atoms with E-state index in [1.165, 1.54) is 11.2 Å². The fourth-order valence-electron chi connectivity index (χ4n) is 1.27. The predicted octanol–water partition coefficient (Wildman–Crippen LogP) is 1.90. The van der Waals surface area contributed by atoms with Crippen molar-refractivity contribution in [3.63, 3.8) is 0 Å². The van der Waals surface area contributed by atoms with Gasteiger partial charge in [-0.05, 0) is 18.6 Å². The van der Waals surface area contributed by atoms with Gasteiger partial charge in [-0.1, -0.05) is 13.0 Å². The summed E-state index contributed by atoms with van der Waals surface area (Å²) in [5, 5.41) is 0. The van der Waals surface area contributed by atoms with E-state index < -0.39 is 0 Å². The van der Waals surface area contributed by atoms with Crippen LogP contribution in [0.2, 0.25) is 0 Å². The summed E-state index contributed by atoms with van der Waals surface area (Å²) < 4.78 is 2.04. The van der Waals surface area contributed by atoms with Gasteiger partial charge in [-0.2, -0.15) is 0 Å². The van der Waals surface area contributed by atoms with E-state index in [0.29, 0.717) is 0 Å². The Morgan fingerprint density at radius 2 is 2.36 bits per heavy atom. The third-order valence-electron chi connectivity index (χ3n) is 1.86. The van der Waals surface area contributed by atoms with E-state index in [1.807, 2.05) is 29.1 Å². The molecule has 11 heavy (non-hydrogen) atoms. The van der Waals surface area contributed by atoms with Crippen LogP contribution in [0.3, 0.4) is 0 Å².